The summed E-state index contributed by atoms with van der Waals surface area (Å²) in [5.74, 6) is -1.31. The van der Waals surface area contributed by atoms with Crippen molar-refractivity contribution in [2.24, 2.45) is 5.92 Å². The lowest BCUT2D eigenvalue weighted by Gasteiger charge is -2.16. The summed E-state index contributed by atoms with van der Waals surface area (Å²) in [4.78, 5) is 22.3. The minimum atomic E-state index is -1.09. The summed E-state index contributed by atoms with van der Waals surface area (Å²) in [7, 11) is 0. The number of carbonyl (C=O) groups is 2. The lowest BCUT2D eigenvalue weighted by Crippen LogP contribution is -2.43. The van der Waals surface area contributed by atoms with E-state index in [0.29, 0.717) is 0 Å². The van der Waals surface area contributed by atoms with Crippen LogP contribution in [-0.4, -0.2) is 34.7 Å². The van der Waals surface area contributed by atoms with Crippen molar-refractivity contribution in [3.63, 3.8) is 0 Å². The van der Waals surface area contributed by atoms with Gasteiger partial charge in [0.05, 0.1) is 0 Å². The highest BCUT2D eigenvalue weighted by Gasteiger charge is 2.26. The highest BCUT2D eigenvalue weighted by Crippen LogP contribution is 2.24. The quantitative estimate of drug-likeness (QED) is 0.608. The van der Waals surface area contributed by atoms with Crippen LogP contribution < -0.4 is 5.32 Å². The van der Waals surface area contributed by atoms with E-state index >= 15 is 0 Å². The molecule has 86 valence electrons. The van der Waals surface area contributed by atoms with Crippen LogP contribution in [0.25, 0.3) is 0 Å². The lowest BCUT2D eigenvalue weighted by atomic mass is 10.1. The summed E-state index contributed by atoms with van der Waals surface area (Å²) in [6.45, 7) is -0.234. The van der Waals surface area contributed by atoms with E-state index in [0.717, 1.165) is 25.7 Å². The molecule has 1 rings (SSSR count). The molecule has 0 radical (unpaired) electrons. The third kappa shape index (κ3) is 3.51. The summed E-state index contributed by atoms with van der Waals surface area (Å²) in [5, 5.41) is 19.9. The zero-order valence-corrected chi connectivity index (χ0v) is 8.61. The molecule has 0 heterocycles. The van der Waals surface area contributed by atoms with Crippen LogP contribution in [-0.2, 0) is 9.59 Å². The van der Waals surface area contributed by atoms with E-state index in [4.69, 9.17) is 10.2 Å². The Bertz CT molecular complexity index is 236. The third-order valence-electron chi connectivity index (χ3n) is 2.76. The Morgan fingerprint density at radius 2 is 1.93 bits per heavy atom. The van der Waals surface area contributed by atoms with Crippen molar-refractivity contribution < 1.29 is 19.8 Å². The number of hydrogen-bond donors (Lipinski definition) is 3. The van der Waals surface area contributed by atoms with Gasteiger partial charge in [-0.2, -0.15) is 0 Å². The fourth-order valence-electron chi connectivity index (χ4n) is 1.86. The summed E-state index contributed by atoms with van der Waals surface area (Å²) < 4.78 is 0. The minimum Gasteiger partial charge on any atom is -0.480 e. The van der Waals surface area contributed by atoms with Gasteiger partial charge in [0.2, 0.25) is 5.91 Å². The van der Waals surface area contributed by atoms with Crippen molar-refractivity contribution in [2.75, 3.05) is 6.61 Å². The van der Waals surface area contributed by atoms with Gasteiger partial charge in [0.25, 0.3) is 0 Å². The highest BCUT2D eigenvalue weighted by atomic mass is 16.4. The number of nitrogens with one attached hydrogen (secondary N) is 1. The molecule has 1 unspecified atom stereocenters. The molecular weight excluding hydrogens is 198 g/mol. The molecule has 5 nitrogen and oxygen atoms in total. The first kappa shape index (κ1) is 12.0. The van der Waals surface area contributed by atoms with Crippen molar-refractivity contribution in [3.8, 4) is 0 Å². The van der Waals surface area contributed by atoms with E-state index in [1.807, 2.05) is 0 Å². The topological polar surface area (TPSA) is 86.6 Å². The molecule has 1 amide bonds. The predicted octanol–water partition coefficient (Wildman–Crippen LogP) is 0.128. The molecule has 0 aromatic heterocycles. The second-order valence-corrected chi connectivity index (χ2v) is 3.89. The van der Waals surface area contributed by atoms with E-state index < -0.39 is 12.0 Å². The molecule has 0 bridgehead atoms. The van der Waals surface area contributed by atoms with Crippen LogP contribution in [0.3, 0.4) is 0 Å². The maximum atomic E-state index is 11.6. The average molecular weight is 215 g/mol. The Balaban J connectivity index is 2.42. The number of amides is 1. The van der Waals surface area contributed by atoms with E-state index in [1.54, 1.807) is 0 Å². The summed E-state index contributed by atoms with van der Waals surface area (Å²) in [6.07, 6.45) is 3.83. The molecule has 5 heteroatoms. The van der Waals surface area contributed by atoms with Crippen molar-refractivity contribution in [2.45, 2.75) is 38.1 Å². The van der Waals surface area contributed by atoms with Crippen molar-refractivity contribution in [3.05, 3.63) is 0 Å². The SMILES string of the molecule is O=C(NC(CCO)C(=O)O)C1CCCC1. The zero-order chi connectivity index (χ0) is 11.3. The first-order valence-corrected chi connectivity index (χ1v) is 5.29. The van der Waals surface area contributed by atoms with Crippen molar-refractivity contribution in [1.82, 2.24) is 5.32 Å². The maximum absolute atomic E-state index is 11.6. The Hall–Kier alpha value is -1.10. The molecule has 1 aliphatic carbocycles. The molecule has 15 heavy (non-hydrogen) atoms. The number of aliphatic hydroxyl groups excluding tert-OH is 1. The number of rotatable bonds is 5. The molecule has 1 saturated carbocycles. The van der Waals surface area contributed by atoms with Crippen molar-refractivity contribution in [1.29, 1.82) is 0 Å². The Morgan fingerprint density at radius 3 is 2.40 bits per heavy atom. The molecule has 0 aromatic rings. The lowest BCUT2D eigenvalue weighted by molar-refractivity contribution is -0.142. The van der Waals surface area contributed by atoms with Gasteiger partial charge < -0.3 is 15.5 Å². The van der Waals surface area contributed by atoms with Gasteiger partial charge in [0, 0.05) is 18.9 Å². The van der Waals surface area contributed by atoms with Crippen LogP contribution in [0.15, 0.2) is 0 Å². The molecule has 1 fully saturated rings. The largest absolute Gasteiger partial charge is 0.480 e. The van der Waals surface area contributed by atoms with Gasteiger partial charge in [-0.15, -0.1) is 0 Å². The minimum absolute atomic E-state index is 0.0365. The fourth-order valence-corrected chi connectivity index (χ4v) is 1.86. The van der Waals surface area contributed by atoms with Crippen LogP contribution in [0.5, 0.6) is 0 Å². The Morgan fingerprint density at radius 1 is 1.33 bits per heavy atom. The number of aliphatic carboxylic acids is 1. The monoisotopic (exact) mass is 215 g/mol. The predicted molar refractivity (Wildman–Crippen MR) is 53.2 cm³/mol. The van der Waals surface area contributed by atoms with Gasteiger partial charge in [-0.05, 0) is 12.8 Å². The summed E-state index contributed by atoms with van der Waals surface area (Å²) in [6, 6.07) is -0.955. The second kappa shape index (κ2) is 5.70. The number of hydrogen-bond acceptors (Lipinski definition) is 3. The maximum Gasteiger partial charge on any atom is 0.326 e. The normalized spacial score (nSPS) is 18.7. The van der Waals surface area contributed by atoms with Crippen LogP contribution >= 0.6 is 0 Å². The number of carbonyl (C=O) groups excluding carboxylic acids is 1. The van der Waals surface area contributed by atoms with E-state index in [9.17, 15) is 9.59 Å². The average Bonchev–Trinajstić information content (AvgIpc) is 2.69. The third-order valence-corrected chi connectivity index (χ3v) is 2.76. The smallest absolute Gasteiger partial charge is 0.326 e. The molecule has 3 N–H and O–H groups in total. The number of carboxylic acid groups (broad SMARTS) is 1. The van der Waals surface area contributed by atoms with Gasteiger partial charge in [0.1, 0.15) is 6.04 Å². The summed E-state index contributed by atoms with van der Waals surface area (Å²) >= 11 is 0. The van der Waals surface area contributed by atoms with Crippen LogP contribution in [0.2, 0.25) is 0 Å². The van der Waals surface area contributed by atoms with Crippen LogP contribution in [0.1, 0.15) is 32.1 Å². The van der Waals surface area contributed by atoms with Gasteiger partial charge in [0.15, 0.2) is 0 Å². The molecule has 0 aliphatic heterocycles. The van der Waals surface area contributed by atoms with Gasteiger partial charge in [-0.25, -0.2) is 4.79 Å². The highest BCUT2D eigenvalue weighted by molar-refractivity contribution is 5.85. The molecule has 1 atom stereocenters. The van der Waals surface area contributed by atoms with E-state index in [1.165, 1.54) is 0 Å². The molecule has 1 aliphatic rings. The Labute approximate surface area is 88.5 Å². The zero-order valence-electron chi connectivity index (χ0n) is 8.61. The standard InChI is InChI=1S/C10H17NO4/c12-6-5-8(10(14)15)11-9(13)7-3-1-2-4-7/h7-8,12H,1-6H2,(H,11,13)(H,14,15). The second-order valence-electron chi connectivity index (χ2n) is 3.89. The fraction of sp³-hybridized carbons (Fsp3) is 0.800. The molecular formula is C10H17NO4. The first-order valence-electron chi connectivity index (χ1n) is 5.29. The van der Waals surface area contributed by atoms with Gasteiger partial charge >= 0.3 is 5.97 Å². The van der Waals surface area contributed by atoms with E-state index in [2.05, 4.69) is 5.32 Å². The molecule has 0 spiro atoms. The number of aliphatic hydroxyl groups is 1. The Kier molecular flexibility index (Phi) is 4.55. The molecule has 0 aromatic carbocycles. The summed E-state index contributed by atoms with van der Waals surface area (Å²) in [5.41, 5.74) is 0. The van der Waals surface area contributed by atoms with Crippen LogP contribution in [0, 0.1) is 5.92 Å². The molecule has 0 saturated heterocycles. The van der Waals surface area contributed by atoms with Crippen LogP contribution in [0.4, 0.5) is 0 Å². The first-order chi connectivity index (χ1) is 7.15. The van der Waals surface area contributed by atoms with Gasteiger partial charge in [-0.3, -0.25) is 4.79 Å². The van der Waals surface area contributed by atoms with Gasteiger partial charge in [-0.1, -0.05) is 12.8 Å². The number of carboxylic acids is 1. The van der Waals surface area contributed by atoms with Crippen molar-refractivity contribution >= 4 is 11.9 Å². The van der Waals surface area contributed by atoms with E-state index in [-0.39, 0.29) is 24.9 Å².